The topological polar surface area (TPSA) is 48.3 Å². The second-order valence-electron chi connectivity index (χ2n) is 5.34. The van der Waals surface area contributed by atoms with Crippen LogP contribution in [-0.2, 0) is 16.0 Å². The first-order valence-electron chi connectivity index (χ1n) is 7.35. The minimum atomic E-state index is 0.0804. The van der Waals surface area contributed by atoms with E-state index in [-0.39, 0.29) is 6.10 Å². The minimum Gasteiger partial charge on any atom is -0.380 e. The first kappa shape index (κ1) is 13.1. The summed E-state index contributed by atoms with van der Waals surface area (Å²) in [5.41, 5.74) is 0. The molecule has 1 aromatic rings. The third-order valence-corrected chi connectivity index (χ3v) is 4.04. The fourth-order valence-electron chi connectivity index (χ4n) is 3.03. The van der Waals surface area contributed by atoms with E-state index < -0.39 is 0 Å². The standard InChI is InChI=1S/C14H23N3O2/c1-2-17-7-6-15-14(17)13-12(5-9-19-13)16-11-4-3-8-18-10-11/h6-7,11-13,16H,2-5,8-10H2,1H3/t11-,12-,13-/m0/s1. The molecule has 1 N–H and O–H groups in total. The third kappa shape index (κ3) is 2.83. The van der Waals surface area contributed by atoms with Crippen LogP contribution in [0.5, 0.6) is 0 Å². The lowest BCUT2D eigenvalue weighted by Gasteiger charge is -2.28. The van der Waals surface area contributed by atoms with Crippen molar-refractivity contribution in [1.29, 1.82) is 0 Å². The van der Waals surface area contributed by atoms with Crippen LogP contribution in [0.15, 0.2) is 12.4 Å². The van der Waals surface area contributed by atoms with Crippen LogP contribution in [0, 0.1) is 0 Å². The minimum absolute atomic E-state index is 0.0804. The van der Waals surface area contributed by atoms with Gasteiger partial charge in [0, 0.05) is 44.2 Å². The summed E-state index contributed by atoms with van der Waals surface area (Å²) in [6, 6.07) is 0.826. The van der Waals surface area contributed by atoms with Crippen LogP contribution >= 0.6 is 0 Å². The summed E-state index contributed by atoms with van der Waals surface area (Å²) < 4.78 is 13.6. The summed E-state index contributed by atoms with van der Waals surface area (Å²) >= 11 is 0. The van der Waals surface area contributed by atoms with E-state index in [1.165, 1.54) is 6.42 Å². The number of nitrogens with zero attached hydrogens (tertiary/aromatic N) is 2. The summed E-state index contributed by atoms with van der Waals surface area (Å²) in [7, 11) is 0. The Bertz CT molecular complexity index is 401. The van der Waals surface area contributed by atoms with Crippen LogP contribution in [0.4, 0.5) is 0 Å². The molecule has 0 bridgehead atoms. The molecule has 19 heavy (non-hydrogen) atoms. The van der Waals surface area contributed by atoms with Gasteiger partial charge in [-0.25, -0.2) is 4.98 Å². The van der Waals surface area contributed by atoms with E-state index in [0.29, 0.717) is 12.1 Å². The summed E-state index contributed by atoms with van der Waals surface area (Å²) in [5.74, 6) is 1.05. The van der Waals surface area contributed by atoms with Crippen molar-refractivity contribution < 1.29 is 9.47 Å². The van der Waals surface area contributed by atoms with E-state index in [2.05, 4.69) is 21.8 Å². The molecule has 5 nitrogen and oxygen atoms in total. The molecular weight excluding hydrogens is 242 g/mol. The third-order valence-electron chi connectivity index (χ3n) is 4.04. The van der Waals surface area contributed by atoms with Gasteiger partial charge in [0.2, 0.25) is 0 Å². The molecular formula is C14H23N3O2. The van der Waals surface area contributed by atoms with Gasteiger partial charge >= 0.3 is 0 Å². The van der Waals surface area contributed by atoms with Crippen LogP contribution in [0.25, 0.3) is 0 Å². The predicted octanol–water partition coefficient (Wildman–Crippen LogP) is 1.50. The van der Waals surface area contributed by atoms with Crippen molar-refractivity contribution in [3.05, 3.63) is 18.2 Å². The van der Waals surface area contributed by atoms with Crippen LogP contribution < -0.4 is 5.32 Å². The van der Waals surface area contributed by atoms with E-state index in [1.54, 1.807) is 0 Å². The number of imidazole rings is 1. The Labute approximate surface area is 114 Å². The fourth-order valence-corrected chi connectivity index (χ4v) is 3.03. The summed E-state index contributed by atoms with van der Waals surface area (Å²) in [6.45, 7) is 5.62. The van der Waals surface area contributed by atoms with Crippen LogP contribution in [0.2, 0.25) is 0 Å². The average Bonchev–Trinajstić information content (AvgIpc) is 3.07. The van der Waals surface area contributed by atoms with E-state index >= 15 is 0 Å². The lowest BCUT2D eigenvalue weighted by molar-refractivity contribution is 0.0515. The number of aromatic nitrogens is 2. The molecule has 3 heterocycles. The lowest BCUT2D eigenvalue weighted by atomic mass is 10.1. The van der Waals surface area contributed by atoms with Crippen molar-refractivity contribution in [3.8, 4) is 0 Å². The highest BCUT2D eigenvalue weighted by Crippen LogP contribution is 2.29. The van der Waals surface area contributed by atoms with Crippen LogP contribution in [0.3, 0.4) is 0 Å². The van der Waals surface area contributed by atoms with Gasteiger partial charge in [-0.05, 0) is 26.2 Å². The maximum absolute atomic E-state index is 5.91. The molecule has 2 aliphatic rings. The zero-order valence-corrected chi connectivity index (χ0v) is 11.5. The van der Waals surface area contributed by atoms with E-state index in [4.69, 9.17) is 9.47 Å². The molecule has 0 radical (unpaired) electrons. The Morgan fingerprint density at radius 2 is 2.37 bits per heavy atom. The highest BCUT2D eigenvalue weighted by Gasteiger charge is 2.34. The molecule has 1 aromatic heterocycles. The van der Waals surface area contributed by atoms with Gasteiger partial charge in [-0.1, -0.05) is 0 Å². The van der Waals surface area contributed by atoms with Crippen molar-refractivity contribution in [2.24, 2.45) is 0 Å². The second kappa shape index (κ2) is 6.03. The molecule has 5 heteroatoms. The Kier molecular flexibility index (Phi) is 4.15. The summed E-state index contributed by atoms with van der Waals surface area (Å²) in [6.07, 6.45) is 7.37. The van der Waals surface area contributed by atoms with E-state index in [9.17, 15) is 0 Å². The molecule has 0 spiro atoms. The first-order chi connectivity index (χ1) is 9.38. The molecule has 0 aromatic carbocycles. The molecule has 3 rings (SSSR count). The van der Waals surface area contributed by atoms with E-state index in [0.717, 1.165) is 45.0 Å². The first-order valence-corrected chi connectivity index (χ1v) is 7.35. The average molecular weight is 265 g/mol. The van der Waals surface area contributed by atoms with Gasteiger partial charge < -0.3 is 19.4 Å². The molecule has 3 atom stereocenters. The second-order valence-corrected chi connectivity index (χ2v) is 5.34. The molecule has 0 amide bonds. The van der Waals surface area contributed by atoms with Gasteiger partial charge in [-0.15, -0.1) is 0 Å². The highest BCUT2D eigenvalue weighted by atomic mass is 16.5. The molecule has 2 fully saturated rings. The highest BCUT2D eigenvalue weighted by molar-refractivity contribution is 5.03. The molecule has 2 aliphatic heterocycles. The zero-order chi connectivity index (χ0) is 13.1. The zero-order valence-electron chi connectivity index (χ0n) is 11.5. The van der Waals surface area contributed by atoms with Gasteiger partial charge in [-0.2, -0.15) is 0 Å². The maximum Gasteiger partial charge on any atom is 0.139 e. The number of hydrogen-bond acceptors (Lipinski definition) is 4. The number of aryl methyl sites for hydroxylation is 1. The van der Waals surface area contributed by atoms with Gasteiger partial charge in [0.15, 0.2) is 0 Å². The van der Waals surface area contributed by atoms with Gasteiger partial charge in [0.1, 0.15) is 11.9 Å². The van der Waals surface area contributed by atoms with Crippen LogP contribution in [-0.4, -0.2) is 41.5 Å². The number of nitrogens with one attached hydrogen (secondary N) is 1. The van der Waals surface area contributed by atoms with Crippen molar-refractivity contribution in [1.82, 2.24) is 14.9 Å². The largest absolute Gasteiger partial charge is 0.380 e. The summed E-state index contributed by atoms with van der Waals surface area (Å²) in [4.78, 5) is 4.48. The Balaban J connectivity index is 1.67. The lowest BCUT2D eigenvalue weighted by Crippen LogP contribution is -2.44. The van der Waals surface area contributed by atoms with Crippen LogP contribution in [0.1, 0.15) is 38.1 Å². The smallest absolute Gasteiger partial charge is 0.139 e. The quantitative estimate of drug-likeness (QED) is 0.896. The molecule has 2 saturated heterocycles. The van der Waals surface area contributed by atoms with Gasteiger partial charge in [-0.3, -0.25) is 0 Å². The van der Waals surface area contributed by atoms with Crippen molar-refractivity contribution in [3.63, 3.8) is 0 Å². The number of rotatable bonds is 4. The Morgan fingerprint density at radius 3 is 3.16 bits per heavy atom. The summed E-state index contributed by atoms with van der Waals surface area (Å²) in [5, 5.41) is 3.70. The van der Waals surface area contributed by atoms with Crippen molar-refractivity contribution in [2.45, 2.75) is 50.9 Å². The number of hydrogen-bond donors (Lipinski definition) is 1. The molecule has 0 saturated carbocycles. The normalized spacial score (nSPS) is 31.7. The monoisotopic (exact) mass is 265 g/mol. The predicted molar refractivity (Wildman–Crippen MR) is 72.0 cm³/mol. The SMILES string of the molecule is CCn1ccnc1[C@H]1OCC[C@@H]1N[C@H]1CCCOC1. The van der Waals surface area contributed by atoms with Gasteiger partial charge in [0.25, 0.3) is 0 Å². The van der Waals surface area contributed by atoms with Crippen molar-refractivity contribution >= 4 is 0 Å². The molecule has 0 unspecified atom stereocenters. The molecule has 0 aliphatic carbocycles. The van der Waals surface area contributed by atoms with E-state index in [1.807, 2.05) is 12.4 Å². The molecule has 106 valence electrons. The maximum atomic E-state index is 5.91. The van der Waals surface area contributed by atoms with Crippen molar-refractivity contribution in [2.75, 3.05) is 19.8 Å². The number of ether oxygens (including phenoxy) is 2. The Morgan fingerprint density at radius 1 is 1.42 bits per heavy atom. The van der Waals surface area contributed by atoms with Gasteiger partial charge in [0.05, 0.1) is 6.61 Å². The fraction of sp³-hybridized carbons (Fsp3) is 0.786. The Hall–Kier alpha value is -0.910.